The highest BCUT2D eigenvalue weighted by atomic mass is 35.5. The van der Waals surface area contributed by atoms with Gasteiger partial charge in [-0.05, 0) is 56.7 Å². The van der Waals surface area contributed by atoms with Crippen LogP contribution < -0.4 is 14.5 Å². The van der Waals surface area contributed by atoms with Crippen molar-refractivity contribution in [2.24, 2.45) is 0 Å². The molecule has 32 heavy (non-hydrogen) atoms. The summed E-state index contributed by atoms with van der Waals surface area (Å²) in [7, 11) is -3.89. The predicted molar refractivity (Wildman–Crippen MR) is 128 cm³/mol. The summed E-state index contributed by atoms with van der Waals surface area (Å²) < 4.78 is 42.0. The Balaban J connectivity index is 1.96. The van der Waals surface area contributed by atoms with E-state index in [1.807, 2.05) is 13.8 Å². The molecule has 1 N–H and O–H groups in total. The second kappa shape index (κ2) is 9.21. The lowest BCUT2D eigenvalue weighted by Crippen LogP contribution is -2.47. The molecule has 0 bridgehead atoms. The van der Waals surface area contributed by atoms with E-state index in [4.69, 9.17) is 11.6 Å². The van der Waals surface area contributed by atoms with Crippen molar-refractivity contribution < 1.29 is 17.6 Å². The van der Waals surface area contributed by atoms with E-state index in [0.29, 0.717) is 10.4 Å². The largest absolute Gasteiger partial charge is 0.324 e. The number of thiazole rings is 1. The normalized spacial score (nSPS) is 12.8. The summed E-state index contributed by atoms with van der Waals surface area (Å²) in [5.74, 6) is -1.25. The average molecular weight is 500 g/mol. The molecule has 1 aromatic heterocycles. The minimum atomic E-state index is -3.89. The molecule has 3 aromatic rings. The molecule has 0 radical (unpaired) electrons. The van der Waals surface area contributed by atoms with Crippen LogP contribution in [0.15, 0.2) is 41.2 Å². The first-order valence-corrected chi connectivity index (χ1v) is 12.9. The number of aromatic nitrogens is 1. The van der Waals surface area contributed by atoms with Crippen LogP contribution in [-0.2, 0) is 14.8 Å². The SMILES string of the molecule is CC[C@H](C(=O)Nc1ccc2c(c1)sc(=O)n2C(C)C)N(c1ccc(F)c(Cl)c1)S(C)(=O)=O. The van der Waals surface area contributed by atoms with Crippen LogP contribution in [0, 0.1) is 5.82 Å². The van der Waals surface area contributed by atoms with Crippen LogP contribution in [0.1, 0.15) is 33.2 Å². The molecular formula is C21H23ClFN3O4S2. The van der Waals surface area contributed by atoms with E-state index < -0.39 is 27.8 Å². The van der Waals surface area contributed by atoms with Gasteiger partial charge in [0, 0.05) is 11.7 Å². The molecule has 1 heterocycles. The van der Waals surface area contributed by atoms with Gasteiger partial charge in [0.1, 0.15) is 11.9 Å². The smallest absolute Gasteiger partial charge is 0.308 e. The zero-order chi connectivity index (χ0) is 23.8. The second-order valence-corrected chi connectivity index (χ2v) is 10.8. The zero-order valence-corrected chi connectivity index (χ0v) is 20.3. The molecule has 0 spiro atoms. The minimum Gasteiger partial charge on any atom is -0.324 e. The number of hydrogen-bond acceptors (Lipinski definition) is 5. The van der Waals surface area contributed by atoms with E-state index in [1.165, 1.54) is 12.1 Å². The van der Waals surface area contributed by atoms with Crippen molar-refractivity contribution in [3.05, 3.63) is 56.9 Å². The number of carbonyl (C=O) groups is 1. The highest BCUT2D eigenvalue weighted by Crippen LogP contribution is 2.29. The van der Waals surface area contributed by atoms with Crippen LogP contribution in [0.4, 0.5) is 15.8 Å². The van der Waals surface area contributed by atoms with Crippen LogP contribution in [0.5, 0.6) is 0 Å². The molecule has 0 aliphatic rings. The number of hydrogen-bond donors (Lipinski definition) is 1. The number of nitrogens with one attached hydrogen (secondary N) is 1. The maximum atomic E-state index is 13.6. The number of rotatable bonds is 7. The topological polar surface area (TPSA) is 88.5 Å². The Morgan fingerprint density at radius 1 is 1.25 bits per heavy atom. The summed E-state index contributed by atoms with van der Waals surface area (Å²) in [4.78, 5) is 25.2. The first-order valence-electron chi connectivity index (χ1n) is 9.84. The third-order valence-electron chi connectivity index (χ3n) is 4.88. The lowest BCUT2D eigenvalue weighted by atomic mass is 10.1. The molecule has 2 aromatic carbocycles. The number of amides is 1. The van der Waals surface area contributed by atoms with E-state index >= 15 is 0 Å². The van der Waals surface area contributed by atoms with Crippen LogP contribution in [-0.4, -0.2) is 31.2 Å². The Morgan fingerprint density at radius 2 is 1.94 bits per heavy atom. The van der Waals surface area contributed by atoms with Crippen LogP contribution in [0.2, 0.25) is 5.02 Å². The molecule has 7 nitrogen and oxygen atoms in total. The Kier molecular flexibility index (Phi) is 6.97. The van der Waals surface area contributed by atoms with Gasteiger partial charge in [0.15, 0.2) is 0 Å². The van der Waals surface area contributed by atoms with Crippen molar-refractivity contribution in [2.45, 2.75) is 39.3 Å². The van der Waals surface area contributed by atoms with E-state index in [1.54, 1.807) is 29.7 Å². The fourth-order valence-electron chi connectivity index (χ4n) is 3.51. The van der Waals surface area contributed by atoms with E-state index in [0.717, 1.165) is 33.5 Å². The summed E-state index contributed by atoms with van der Waals surface area (Å²) in [5.41, 5.74) is 1.28. The molecule has 1 amide bonds. The Bertz CT molecular complexity index is 1330. The number of halogens is 2. The van der Waals surface area contributed by atoms with Crippen molar-refractivity contribution >= 4 is 60.5 Å². The average Bonchev–Trinajstić information content (AvgIpc) is 3.02. The van der Waals surface area contributed by atoms with Crippen molar-refractivity contribution in [3.63, 3.8) is 0 Å². The van der Waals surface area contributed by atoms with Gasteiger partial charge in [-0.3, -0.25) is 18.5 Å². The van der Waals surface area contributed by atoms with Gasteiger partial charge in [-0.1, -0.05) is 29.9 Å². The van der Waals surface area contributed by atoms with Crippen LogP contribution in [0.3, 0.4) is 0 Å². The van der Waals surface area contributed by atoms with Gasteiger partial charge in [0.2, 0.25) is 15.9 Å². The molecule has 11 heteroatoms. The molecule has 0 aliphatic carbocycles. The number of nitrogens with zero attached hydrogens (tertiary/aromatic N) is 2. The van der Waals surface area contributed by atoms with Crippen molar-refractivity contribution in [3.8, 4) is 0 Å². The Hall–Kier alpha value is -2.43. The molecule has 0 saturated carbocycles. The maximum absolute atomic E-state index is 13.6. The molecule has 1 atom stereocenters. The summed E-state index contributed by atoms with van der Waals surface area (Å²) >= 11 is 6.91. The zero-order valence-electron chi connectivity index (χ0n) is 17.9. The number of fused-ring (bicyclic) bond motifs is 1. The van der Waals surface area contributed by atoms with Gasteiger partial charge in [-0.25, -0.2) is 12.8 Å². The van der Waals surface area contributed by atoms with Gasteiger partial charge in [0.25, 0.3) is 0 Å². The summed E-state index contributed by atoms with van der Waals surface area (Å²) in [5, 5.41) is 2.49. The van der Waals surface area contributed by atoms with Crippen LogP contribution >= 0.6 is 22.9 Å². The number of sulfonamides is 1. The Morgan fingerprint density at radius 3 is 2.50 bits per heavy atom. The minimum absolute atomic E-state index is 0.00739. The summed E-state index contributed by atoms with van der Waals surface area (Å²) in [6.45, 7) is 5.50. The quantitative estimate of drug-likeness (QED) is 0.513. The van der Waals surface area contributed by atoms with Gasteiger partial charge < -0.3 is 5.32 Å². The van der Waals surface area contributed by atoms with Crippen molar-refractivity contribution in [1.29, 1.82) is 0 Å². The van der Waals surface area contributed by atoms with Crippen molar-refractivity contribution in [2.75, 3.05) is 15.9 Å². The molecule has 172 valence electrons. The van der Waals surface area contributed by atoms with Gasteiger partial charge >= 0.3 is 4.87 Å². The third-order valence-corrected chi connectivity index (χ3v) is 7.27. The summed E-state index contributed by atoms with van der Waals surface area (Å²) in [6, 6.07) is 7.48. The molecule has 0 fully saturated rings. The van der Waals surface area contributed by atoms with E-state index in [-0.39, 0.29) is 28.0 Å². The number of anilines is 2. The highest BCUT2D eigenvalue weighted by Gasteiger charge is 2.32. The maximum Gasteiger partial charge on any atom is 0.308 e. The Labute approximate surface area is 194 Å². The fourth-order valence-corrected chi connectivity index (χ4v) is 5.94. The second-order valence-electron chi connectivity index (χ2n) is 7.58. The van der Waals surface area contributed by atoms with E-state index in [2.05, 4.69) is 5.32 Å². The monoisotopic (exact) mass is 499 g/mol. The van der Waals surface area contributed by atoms with E-state index in [9.17, 15) is 22.4 Å². The predicted octanol–water partition coefficient (Wildman–Crippen LogP) is 4.62. The van der Waals surface area contributed by atoms with Crippen molar-refractivity contribution in [1.82, 2.24) is 4.57 Å². The lowest BCUT2D eigenvalue weighted by Gasteiger charge is -2.30. The molecule has 0 saturated heterocycles. The first-order chi connectivity index (χ1) is 14.9. The molecular weight excluding hydrogens is 477 g/mol. The fraction of sp³-hybridized carbons (Fsp3) is 0.333. The third kappa shape index (κ3) is 4.82. The van der Waals surface area contributed by atoms with Gasteiger partial charge in [-0.2, -0.15) is 0 Å². The summed E-state index contributed by atoms with van der Waals surface area (Å²) in [6.07, 6.45) is 1.13. The lowest BCUT2D eigenvalue weighted by molar-refractivity contribution is -0.117. The van der Waals surface area contributed by atoms with Gasteiger partial charge in [0.05, 0.1) is 27.2 Å². The van der Waals surface area contributed by atoms with Gasteiger partial charge in [-0.15, -0.1) is 0 Å². The highest BCUT2D eigenvalue weighted by molar-refractivity contribution is 7.92. The standard InChI is InChI=1S/C21H23ClFN3O4S2/c1-5-17(26(32(4,29)30)14-7-8-16(23)15(22)11-14)20(27)24-13-6-9-18-19(10-13)31-21(28)25(18)12(2)3/h6-12,17H,5H2,1-4H3,(H,24,27)/t17-/m1/s1. The first kappa shape index (κ1) is 24.2. The van der Waals surface area contributed by atoms with Crippen LogP contribution in [0.25, 0.3) is 10.2 Å². The molecule has 3 rings (SSSR count). The molecule has 0 unspecified atom stereocenters. The number of benzene rings is 2. The molecule has 0 aliphatic heterocycles. The number of carbonyl (C=O) groups excluding carboxylic acids is 1.